The molecule has 2 bridgehead atoms. The highest BCUT2D eigenvalue weighted by atomic mass is 35.5. The van der Waals surface area contributed by atoms with Crippen molar-refractivity contribution < 1.29 is 18.0 Å². The zero-order chi connectivity index (χ0) is 15.9. The second kappa shape index (κ2) is 6.69. The van der Waals surface area contributed by atoms with E-state index in [-0.39, 0.29) is 36.8 Å². The van der Waals surface area contributed by atoms with Crippen LogP contribution < -0.4 is 11.1 Å². The van der Waals surface area contributed by atoms with E-state index in [1.54, 1.807) is 0 Å². The Bertz CT molecular complexity index is 559. The lowest BCUT2D eigenvalue weighted by Crippen LogP contribution is -2.45. The molecule has 2 aliphatic rings. The van der Waals surface area contributed by atoms with Gasteiger partial charge in [-0.3, -0.25) is 4.79 Å². The minimum Gasteiger partial charge on any atom is -0.352 e. The molecule has 3 N–H and O–H groups in total. The molecule has 0 aliphatic heterocycles. The lowest BCUT2D eigenvalue weighted by molar-refractivity contribution is -0.137. The summed E-state index contributed by atoms with van der Waals surface area (Å²) in [6.45, 7) is 0.234. The van der Waals surface area contributed by atoms with Gasteiger partial charge < -0.3 is 11.1 Å². The number of hydrogen-bond acceptors (Lipinski definition) is 2. The van der Waals surface area contributed by atoms with Crippen LogP contribution in [0.2, 0.25) is 0 Å². The molecule has 2 fully saturated rings. The number of rotatable bonds is 3. The van der Waals surface area contributed by atoms with Gasteiger partial charge in [-0.05, 0) is 48.8 Å². The van der Waals surface area contributed by atoms with E-state index in [0.29, 0.717) is 17.4 Å². The summed E-state index contributed by atoms with van der Waals surface area (Å²) in [5.74, 6) is 0.604. The summed E-state index contributed by atoms with van der Waals surface area (Å²) in [6.07, 6.45) is -1.15. The Morgan fingerprint density at radius 2 is 1.78 bits per heavy atom. The second-order valence-electron chi connectivity index (χ2n) is 6.35. The van der Waals surface area contributed by atoms with Gasteiger partial charge in [0.05, 0.1) is 11.5 Å². The Morgan fingerprint density at radius 3 is 2.30 bits per heavy atom. The van der Waals surface area contributed by atoms with E-state index in [1.807, 2.05) is 0 Å². The number of nitrogens with two attached hydrogens (primary N) is 1. The van der Waals surface area contributed by atoms with Crippen molar-refractivity contribution in [1.29, 1.82) is 0 Å². The van der Waals surface area contributed by atoms with Gasteiger partial charge in [0.25, 0.3) is 0 Å². The number of amides is 1. The molecule has 1 aromatic carbocycles. The normalized spacial score (nSPS) is 29.2. The number of carbonyl (C=O) groups excluding carboxylic acids is 1. The second-order valence-corrected chi connectivity index (χ2v) is 6.35. The highest BCUT2D eigenvalue weighted by Crippen LogP contribution is 2.47. The van der Waals surface area contributed by atoms with Crippen LogP contribution in [0.15, 0.2) is 24.3 Å². The number of hydrogen-bond donors (Lipinski definition) is 2. The van der Waals surface area contributed by atoms with E-state index >= 15 is 0 Å². The first-order valence-electron chi connectivity index (χ1n) is 7.55. The van der Waals surface area contributed by atoms with Crippen LogP contribution in [0.3, 0.4) is 0 Å². The molecule has 1 aromatic rings. The average Bonchev–Trinajstić information content (AvgIpc) is 3.05. The van der Waals surface area contributed by atoms with Crippen molar-refractivity contribution in [3.05, 3.63) is 35.4 Å². The Hall–Kier alpha value is -1.27. The summed E-state index contributed by atoms with van der Waals surface area (Å²) >= 11 is 0. The van der Waals surface area contributed by atoms with Gasteiger partial charge in [0.15, 0.2) is 0 Å². The van der Waals surface area contributed by atoms with Crippen molar-refractivity contribution in [2.45, 2.75) is 38.0 Å². The summed E-state index contributed by atoms with van der Waals surface area (Å²) in [6, 6.07) is 4.77. The molecule has 0 aromatic heterocycles. The van der Waals surface area contributed by atoms with Crippen molar-refractivity contribution in [2.75, 3.05) is 0 Å². The fourth-order valence-electron chi connectivity index (χ4n) is 3.84. The van der Waals surface area contributed by atoms with Crippen molar-refractivity contribution in [3.8, 4) is 0 Å². The standard InChI is InChI=1S/C16H19F3N2O.ClH/c17-16(18,19)12-5-1-9(2-6-12)8-21-15(22)13-10-3-4-11(7-10)14(13)20;/h1-2,5-6,10-11,13-14H,3-4,7-8,20H2,(H,21,22);1H. The highest BCUT2D eigenvalue weighted by molar-refractivity contribution is 5.85. The third-order valence-corrected chi connectivity index (χ3v) is 5.03. The van der Waals surface area contributed by atoms with Gasteiger partial charge in [-0.15, -0.1) is 12.4 Å². The molecule has 7 heteroatoms. The Morgan fingerprint density at radius 1 is 1.17 bits per heavy atom. The van der Waals surface area contributed by atoms with Crippen LogP contribution in [-0.4, -0.2) is 11.9 Å². The van der Waals surface area contributed by atoms with Crippen LogP contribution in [0.5, 0.6) is 0 Å². The first kappa shape index (κ1) is 18.1. The quantitative estimate of drug-likeness (QED) is 0.881. The van der Waals surface area contributed by atoms with Crippen LogP contribution in [-0.2, 0) is 17.5 Å². The van der Waals surface area contributed by atoms with Crippen LogP contribution in [0.1, 0.15) is 30.4 Å². The number of nitrogens with one attached hydrogen (secondary N) is 1. The predicted octanol–water partition coefficient (Wildman–Crippen LogP) is 3.12. The van der Waals surface area contributed by atoms with Crippen LogP contribution in [0, 0.1) is 17.8 Å². The maximum atomic E-state index is 12.5. The van der Waals surface area contributed by atoms with Crippen LogP contribution >= 0.6 is 12.4 Å². The topological polar surface area (TPSA) is 55.1 Å². The van der Waals surface area contributed by atoms with E-state index in [2.05, 4.69) is 5.32 Å². The maximum absolute atomic E-state index is 12.5. The monoisotopic (exact) mass is 348 g/mol. The zero-order valence-corrected chi connectivity index (χ0v) is 13.3. The van der Waals surface area contributed by atoms with Gasteiger partial charge in [-0.2, -0.15) is 13.2 Å². The van der Waals surface area contributed by atoms with Gasteiger partial charge in [-0.25, -0.2) is 0 Å². The SMILES string of the molecule is Cl.NC1C2CCC(C2)C1C(=O)NCc1ccc(C(F)(F)F)cc1. The maximum Gasteiger partial charge on any atom is 0.416 e. The average molecular weight is 349 g/mol. The first-order valence-corrected chi connectivity index (χ1v) is 7.55. The molecule has 3 nitrogen and oxygen atoms in total. The molecule has 4 atom stereocenters. The number of halogens is 4. The Labute approximate surface area is 139 Å². The molecule has 1 amide bonds. The van der Waals surface area contributed by atoms with Crippen molar-refractivity contribution in [2.24, 2.45) is 23.5 Å². The number of fused-ring (bicyclic) bond motifs is 2. The van der Waals surface area contributed by atoms with Crippen molar-refractivity contribution in [1.82, 2.24) is 5.32 Å². The van der Waals surface area contributed by atoms with Crippen molar-refractivity contribution >= 4 is 18.3 Å². The Kier molecular flexibility index (Phi) is 5.26. The van der Waals surface area contributed by atoms with E-state index in [1.165, 1.54) is 12.1 Å². The molecule has 2 saturated carbocycles. The minimum absolute atomic E-state index is 0. The number of alkyl halides is 3. The van der Waals surface area contributed by atoms with Gasteiger partial charge >= 0.3 is 6.18 Å². The summed E-state index contributed by atoms with van der Waals surface area (Å²) in [5, 5.41) is 2.81. The van der Waals surface area contributed by atoms with E-state index in [4.69, 9.17) is 5.73 Å². The molecule has 3 rings (SSSR count). The predicted molar refractivity (Wildman–Crippen MR) is 82.8 cm³/mol. The highest BCUT2D eigenvalue weighted by Gasteiger charge is 2.48. The summed E-state index contributed by atoms with van der Waals surface area (Å²) in [7, 11) is 0. The van der Waals surface area contributed by atoms with Crippen LogP contribution in [0.4, 0.5) is 13.2 Å². The molecular weight excluding hydrogens is 329 g/mol. The largest absolute Gasteiger partial charge is 0.416 e. The lowest BCUT2D eigenvalue weighted by Gasteiger charge is -2.27. The molecule has 23 heavy (non-hydrogen) atoms. The first-order chi connectivity index (χ1) is 10.4. The molecule has 0 spiro atoms. The summed E-state index contributed by atoms with van der Waals surface area (Å²) in [4.78, 5) is 12.3. The molecule has 4 unspecified atom stereocenters. The smallest absolute Gasteiger partial charge is 0.352 e. The number of carbonyl (C=O) groups is 1. The van der Waals surface area contributed by atoms with E-state index in [0.717, 1.165) is 31.4 Å². The summed E-state index contributed by atoms with van der Waals surface area (Å²) in [5.41, 5.74) is 6.08. The van der Waals surface area contributed by atoms with Gasteiger partial charge in [0.1, 0.15) is 0 Å². The zero-order valence-electron chi connectivity index (χ0n) is 12.5. The number of benzene rings is 1. The minimum atomic E-state index is -4.34. The third kappa shape index (κ3) is 3.63. The molecule has 128 valence electrons. The third-order valence-electron chi connectivity index (χ3n) is 5.03. The molecule has 0 heterocycles. The molecule has 0 saturated heterocycles. The molecule has 2 aliphatic carbocycles. The van der Waals surface area contributed by atoms with Crippen molar-refractivity contribution in [3.63, 3.8) is 0 Å². The van der Waals surface area contributed by atoms with E-state index in [9.17, 15) is 18.0 Å². The fourth-order valence-corrected chi connectivity index (χ4v) is 3.84. The lowest BCUT2D eigenvalue weighted by atomic mass is 9.84. The molecular formula is C16H20ClF3N2O. The molecule has 0 radical (unpaired) electrons. The van der Waals surface area contributed by atoms with Gasteiger partial charge in [0.2, 0.25) is 5.91 Å². The summed E-state index contributed by atoms with van der Waals surface area (Å²) < 4.78 is 37.5. The van der Waals surface area contributed by atoms with Gasteiger partial charge in [-0.1, -0.05) is 12.1 Å². The van der Waals surface area contributed by atoms with Crippen LogP contribution in [0.25, 0.3) is 0 Å². The fraction of sp³-hybridized carbons (Fsp3) is 0.562. The Balaban J connectivity index is 0.00000192. The van der Waals surface area contributed by atoms with E-state index < -0.39 is 11.7 Å². The van der Waals surface area contributed by atoms with Gasteiger partial charge in [0, 0.05) is 12.6 Å².